The van der Waals surface area contributed by atoms with Gasteiger partial charge in [-0.15, -0.1) is 0 Å². The summed E-state index contributed by atoms with van der Waals surface area (Å²) in [7, 11) is 0. The highest BCUT2D eigenvalue weighted by Gasteiger charge is 2.44. The van der Waals surface area contributed by atoms with Gasteiger partial charge in [0.15, 0.2) is 6.29 Å². The minimum Gasteiger partial charge on any atom is -0.394 e. The van der Waals surface area contributed by atoms with Gasteiger partial charge >= 0.3 is 0 Å². The molecule has 0 aromatic carbocycles. The minimum atomic E-state index is -1.55. The van der Waals surface area contributed by atoms with Gasteiger partial charge in [-0.1, -0.05) is 256 Å². The molecule has 7 atom stereocenters. The molecule has 7 unspecified atom stereocenters. The van der Waals surface area contributed by atoms with Crippen molar-refractivity contribution in [1.82, 2.24) is 5.32 Å². The molecule has 0 radical (unpaired) electrons. The van der Waals surface area contributed by atoms with Crippen LogP contribution in [0.5, 0.6) is 0 Å². The minimum absolute atomic E-state index is 0.136. The summed E-state index contributed by atoms with van der Waals surface area (Å²) in [6.07, 6.45) is 56.8. The Morgan fingerprint density at radius 2 is 0.868 bits per heavy atom. The highest BCUT2D eigenvalue weighted by atomic mass is 16.7. The second-order valence-electron chi connectivity index (χ2n) is 20.4. The van der Waals surface area contributed by atoms with Crippen LogP contribution in [0.1, 0.15) is 277 Å². The fourth-order valence-electron chi connectivity index (χ4n) is 9.35. The second kappa shape index (κ2) is 49.0. The molecule has 68 heavy (non-hydrogen) atoms. The van der Waals surface area contributed by atoms with E-state index in [-0.39, 0.29) is 12.5 Å². The van der Waals surface area contributed by atoms with Crippen molar-refractivity contribution in [2.24, 2.45) is 0 Å². The summed E-state index contributed by atoms with van der Waals surface area (Å²) < 4.78 is 11.2. The first-order valence-electron chi connectivity index (χ1n) is 29.2. The maximum Gasteiger partial charge on any atom is 0.220 e. The van der Waals surface area contributed by atoms with E-state index >= 15 is 0 Å². The molecule has 1 saturated heterocycles. The largest absolute Gasteiger partial charge is 0.394 e. The summed E-state index contributed by atoms with van der Waals surface area (Å²) in [6.45, 7) is 3.77. The zero-order valence-corrected chi connectivity index (χ0v) is 44.4. The van der Waals surface area contributed by atoms with E-state index in [1.54, 1.807) is 0 Å². The van der Waals surface area contributed by atoms with Gasteiger partial charge < -0.3 is 40.3 Å². The first kappa shape index (κ1) is 64.4. The van der Waals surface area contributed by atoms with Crippen molar-refractivity contribution >= 4 is 5.91 Å². The van der Waals surface area contributed by atoms with Crippen LogP contribution < -0.4 is 5.32 Å². The molecule has 1 heterocycles. The van der Waals surface area contributed by atoms with Gasteiger partial charge in [0.2, 0.25) is 5.91 Å². The van der Waals surface area contributed by atoms with Gasteiger partial charge in [0, 0.05) is 6.42 Å². The number of rotatable bonds is 50. The molecule has 1 aliphatic heterocycles. The standard InChI is InChI=1S/C59H111NO8/c1-3-5-7-9-11-12-13-14-15-16-17-18-19-20-21-22-23-24-25-26-27-28-29-30-31-32-33-34-35-36-37-38-39-40-41-42-43-45-47-49-55(63)60-52(53(62)48-46-44-10-8-6-4-2)51-67-59-58(66)57(65)56(64)54(50-61)68-59/h13-14,16-17,19-20,52-54,56-59,61-62,64-66H,3-12,15,18,21-51H2,1-2H3,(H,60,63)/b14-13-,17-16-,20-19-. The lowest BCUT2D eigenvalue weighted by atomic mass is 9.99. The molecule has 9 heteroatoms. The molecule has 400 valence electrons. The van der Waals surface area contributed by atoms with Gasteiger partial charge in [-0.2, -0.15) is 0 Å². The lowest BCUT2D eigenvalue weighted by molar-refractivity contribution is -0.302. The number of hydrogen-bond acceptors (Lipinski definition) is 8. The first-order valence-corrected chi connectivity index (χ1v) is 29.2. The Kier molecular flexibility index (Phi) is 46.4. The topological polar surface area (TPSA) is 149 Å². The number of ether oxygens (including phenoxy) is 2. The third-order valence-corrected chi connectivity index (χ3v) is 14.0. The number of aliphatic hydroxyl groups is 5. The number of carbonyl (C=O) groups excluding carboxylic acids is 1. The molecule has 1 fully saturated rings. The Morgan fingerprint density at radius 3 is 1.28 bits per heavy atom. The van der Waals surface area contributed by atoms with Crippen molar-refractivity contribution in [3.05, 3.63) is 36.5 Å². The highest BCUT2D eigenvalue weighted by molar-refractivity contribution is 5.76. The summed E-state index contributed by atoms with van der Waals surface area (Å²) in [5.41, 5.74) is 0. The van der Waals surface area contributed by atoms with Crippen molar-refractivity contribution in [3.63, 3.8) is 0 Å². The summed E-state index contributed by atoms with van der Waals surface area (Å²) >= 11 is 0. The summed E-state index contributed by atoms with van der Waals surface area (Å²) in [6, 6.07) is -0.713. The molecule has 0 aliphatic carbocycles. The summed E-state index contributed by atoms with van der Waals surface area (Å²) in [5.74, 6) is -0.146. The number of amides is 1. The molecule has 0 aromatic rings. The number of hydrogen-bond donors (Lipinski definition) is 6. The van der Waals surface area contributed by atoms with Crippen LogP contribution in [-0.4, -0.2) is 87.5 Å². The Bertz CT molecular complexity index is 1160. The van der Waals surface area contributed by atoms with Crippen LogP contribution in [0.15, 0.2) is 36.5 Å². The van der Waals surface area contributed by atoms with E-state index in [0.717, 1.165) is 51.4 Å². The van der Waals surface area contributed by atoms with Crippen LogP contribution in [0.25, 0.3) is 0 Å². The predicted octanol–water partition coefficient (Wildman–Crippen LogP) is 14.4. The van der Waals surface area contributed by atoms with Crippen molar-refractivity contribution in [1.29, 1.82) is 0 Å². The van der Waals surface area contributed by atoms with Crippen LogP contribution in [0.3, 0.4) is 0 Å². The van der Waals surface area contributed by atoms with Gasteiger partial charge in [0.1, 0.15) is 24.4 Å². The number of allylic oxidation sites excluding steroid dienone is 6. The van der Waals surface area contributed by atoms with Crippen LogP contribution in [0.2, 0.25) is 0 Å². The molecule has 1 rings (SSSR count). The van der Waals surface area contributed by atoms with Gasteiger partial charge in [-0.05, 0) is 51.4 Å². The van der Waals surface area contributed by atoms with E-state index < -0.39 is 49.5 Å². The molecule has 0 bridgehead atoms. The van der Waals surface area contributed by atoms with Crippen molar-refractivity contribution in [2.45, 2.75) is 320 Å². The fourth-order valence-corrected chi connectivity index (χ4v) is 9.35. The van der Waals surface area contributed by atoms with Crippen LogP contribution in [0.4, 0.5) is 0 Å². The maximum atomic E-state index is 12.9. The summed E-state index contributed by atoms with van der Waals surface area (Å²) in [4.78, 5) is 12.9. The predicted molar refractivity (Wildman–Crippen MR) is 286 cm³/mol. The average Bonchev–Trinajstić information content (AvgIpc) is 3.34. The molecular weight excluding hydrogens is 851 g/mol. The quantitative estimate of drug-likeness (QED) is 0.0261. The molecule has 0 aromatic heterocycles. The Hall–Kier alpha value is -1.59. The Labute approximate surface area is 419 Å². The molecule has 1 amide bonds. The number of nitrogens with one attached hydrogen (secondary N) is 1. The second-order valence-corrected chi connectivity index (χ2v) is 20.4. The summed E-state index contributed by atoms with van der Waals surface area (Å²) in [5, 5.41) is 54.1. The van der Waals surface area contributed by atoms with Crippen LogP contribution in [-0.2, 0) is 14.3 Å². The van der Waals surface area contributed by atoms with Gasteiger partial charge in [-0.3, -0.25) is 4.79 Å². The van der Waals surface area contributed by atoms with Crippen LogP contribution in [0, 0.1) is 0 Å². The average molecular weight is 963 g/mol. The van der Waals surface area contributed by atoms with Crippen molar-refractivity contribution in [2.75, 3.05) is 13.2 Å². The number of aliphatic hydroxyl groups excluding tert-OH is 5. The fraction of sp³-hybridized carbons (Fsp3) is 0.881. The third kappa shape index (κ3) is 38.1. The van der Waals surface area contributed by atoms with E-state index in [1.165, 1.54) is 199 Å². The van der Waals surface area contributed by atoms with E-state index in [1.807, 2.05) is 0 Å². The van der Waals surface area contributed by atoms with Crippen molar-refractivity contribution in [3.8, 4) is 0 Å². The van der Waals surface area contributed by atoms with E-state index in [0.29, 0.717) is 12.8 Å². The van der Waals surface area contributed by atoms with Gasteiger partial charge in [0.25, 0.3) is 0 Å². The molecule has 1 aliphatic rings. The van der Waals surface area contributed by atoms with E-state index in [4.69, 9.17) is 9.47 Å². The third-order valence-electron chi connectivity index (χ3n) is 14.0. The lowest BCUT2D eigenvalue weighted by Crippen LogP contribution is -2.60. The number of carbonyl (C=O) groups is 1. The number of unbranched alkanes of at least 4 members (excludes halogenated alkanes) is 34. The SMILES string of the molecule is CCCCCCC/C=C\C/C=C\C/C=C\CCCCCCCCCCCCCCCCCCCCCCCCCCC(=O)NC(COC1OC(CO)C(O)C(O)C1O)C(O)CCCCCCCC. The Balaban J connectivity index is 1.94. The van der Waals surface area contributed by atoms with Crippen molar-refractivity contribution < 1.29 is 39.8 Å². The zero-order chi connectivity index (χ0) is 49.4. The molecule has 0 spiro atoms. The maximum absolute atomic E-state index is 12.9. The first-order chi connectivity index (χ1) is 33.3. The molecule has 0 saturated carbocycles. The Morgan fingerprint density at radius 1 is 0.500 bits per heavy atom. The molecular formula is C59H111NO8. The molecule has 6 N–H and O–H groups in total. The van der Waals surface area contributed by atoms with E-state index in [2.05, 4.69) is 55.6 Å². The normalized spacial score (nSPS) is 19.8. The zero-order valence-electron chi connectivity index (χ0n) is 44.4. The van der Waals surface area contributed by atoms with E-state index in [9.17, 15) is 30.3 Å². The smallest absolute Gasteiger partial charge is 0.220 e. The van der Waals surface area contributed by atoms with Gasteiger partial charge in [0.05, 0.1) is 25.4 Å². The van der Waals surface area contributed by atoms with Gasteiger partial charge in [-0.25, -0.2) is 0 Å². The molecule has 9 nitrogen and oxygen atoms in total. The monoisotopic (exact) mass is 962 g/mol. The lowest BCUT2D eigenvalue weighted by Gasteiger charge is -2.40. The highest BCUT2D eigenvalue weighted by Crippen LogP contribution is 2.23. The van der Waals surface area contributed by atoms with Crippen LogP contribution >= 0.6 is 0 Å².